The van der Waals surface area contributed by atoms with Crippen molar-refractivity contribution in [2.24, 2.45) is 0 Å². The number of thiophene rings is 1. The zero-order valence-electron chi connectivity index (χ0n) is 10.4. The van der Waals surface area contributed by atoms with Crippen molar-refractivity contribution in [1.29, 1.82) is 0 Å². The van der Waals surface area contributed by atoms with Crippen LogP contribution in [-0.2, 0) is 14.8 Å². The Labute approximate surface area is 125 Å². The number of hydrogen-bond acceptors (Lipinski definition) is 5. The van der Waals surface area contributed by atoms with Gasteiger partial charge in [-0.3, -0.25) is 4.79 Å². The molecule has 0 bridgehead atoms. The molecule has 0 radical (unpaired) electrons. The topological polar surface area (TPSA) is 76.1 Å². The fourth-order valence-electron chi connectivity index (χ4n) is 1.46. The molecule has 1 atom stereocenters. The molecular formula is C12H11ClN2O3S2. The van der Waals surface area contributed by atoms with Crippen LogP contribution in [0.1, 0.15) is 17.7 Å². The van der Waals surface area contributed by atoms with Crippen molar-refractivity contribution in [1.82, 2.24) is 9.71 Å². The van der Waals surface area contributed by atoms with Crippen molar-refractivity contribution in [2.45, 2.75) is 17.9 Å². The summed E-state index contributed by atoms with van der Waals surface area (Å²) in [5, 5.41) is 1.91. The van der Waals surface area contributed by atoms with Gasteiger partial charge in [0.05, 0.1) is 10.9 Å². The summed E-state index contributed by atoms with van der Waals surface area (Å²) >= 11 is 7.04. The molecule has 0 saturated carbocycles. The van der Waals surface area contributed by atoms with Gasteiger partial charge in [-0.2, -0.15) is 8.42 Å². The minimum absolute atomic E-state index is 0.242. The van der Waals surface area contributed by atoms with Crippen molar-refractivity contribution in [3.05, 3.63) is 45.7 Å². The Morgan fingerprint density at radius 1 is 1.40 bits per heavy atom. The van der Waals surface area contributed by atoms with Crippen molar-refractivity contribution in [3.63, 3.8) is 0 Å². The number of nitrogens with one attached hydrogen (secondary N) is 1. The van der Waals surface area contributed by atoms with Crippen LogP contribution in [0.15, 0.2) is 40.9 Å². The van der Waals surface area contributed by atoms with Crippen LogP contribution >= 0.6 is 22.9 Å². The standard InChI is InChI=1S/C12H11ClN2O3S2/c1-8(10-3-2-6-19-10)12(16)15-20(17,18)11-5-4-9(13)7-14-11/h2-8H,1H3,(H,15,16)/t8-/m0/s1. The summed E-state index contributed by atoms with van der Waals surface area (Å²) in [6.45, 7) is 1.64. The Balaban J connectivity index is 2.16. The van der Waals surface area contributed by atoms with Gasteiger partial charge in [0.25, 0.3) is 10.0 Å². The number of nitrogens with zero attached hydrogens (tertiary/aromatic N) is 1. The van der Waals surface area contributed by atoms with Crippen LogP contribution in [0.3, 0.4) is 0 Å². The minimum Gasteiger partial charge on any atom is -0.273 e. The predicted molar refractivity (Wildman–Crippen MR) is 77.3 cm³/mol. The average Bonchev–Trinajstić information content (AvgIpc) is 2.91. The van der Waals surface area contributed by atoms with Gasteiger partial charge in [-0.15, -0.1) is 11.3 Å². The third-order valence-electron chi connectivity index (χ3n) is 2.57. The first kappa shape index (κ1) is 15.0. The molecule has 1 N–H and O–H groups in total. The number of carbonyl (C=O) groups excluding carboxylic acids is 1. The number of carbonyl (C=O) groups is 1. The molecule has 0 saturated heterocycles. The van der Waals surface area contributed by atoms with E-state index in [1.165, 1.54) is 29.7 Å². The number of sulfonamides is 1. The summed E-state index contributed by atoms with van der Waals surface area (Å²) in [7, 11) is -3.98. The molecule has 2 heterocycles. The molecule has 20 heavy (non-hydrogen) atoms. The molecule has 2 aromatic rings. The normalized spacial score (nSPS) is 12.9. The Hall–Kier alpha value is -1.44. The SMILES string of the molecule is C[C@H](C(=O)NS(=O)(=O)c1ccc(Cl)cn1)c1cccs1. The number of aromatic nitrogens is 1. The van der Waals surface area contributed by atoms with Crippen molar-refractivity contribution >= 4 is 38.9 Å². The number of hydrogen-bond donors (Lipinski definition) is 1. The van der Waals surface area contributed by atoms with Crippen molar-refractivity contribution in [2.75, 3.05) is 0 Å². The highest BCUT2D eigenvalue weighted by Gasteiger charge is 2.24. The highest BCUT2D eigenvalue weighted by atomic mass is 35.5. The summed E-state index contributed by atoms with van der Waals surface area (Å²) in [6.07, 6.45) is 1.21. The number of pyridine rings is 1. The first-order valence-electron chi connectivity index (χ1n) is 5.62. The lowest BCUT2D eigenvalue weighted by molar-refractivity contribution is -0.120. The van der Waals surface area contributed by atoms with Crippen LogP contribution in [0.25, 0.3) is 0 Å². The third kappa shape index (κ3) is 3.36. The van der Waals surface area contributed by atoms with E-state index in [2.05, 4.69) is 4.98 Å². The van der Waals surface area contributed by atoms with E-state index >= 15 is 0 Å². The summed E-state index contributed by atoms with van der Waals surface area (Å²) in [5.41, 5.74) is 0. The molecule has 2 aromatic heterocycles. The molecule has 106 valence electrons. The van der Waals surface area contributed by atoms with E-state index in [1.54, 1.807) is 19.1 Å². The van der Waals surface area contributed by atoms with Crippen LogP contribution < -0.4 is 4.72 Å². The first-order valence-corrected chi connectivity index (χ1v) is 8.36. The van der Waals surface area contributed by atoms with Gasteiger partial charge in [0, 0.05) is 11.1 Å². The quantitative estimate of drug-likeness (QED) is 0.934. The number of rotatable bonds is 4. The molecule has 0 aromatic carbocycles. The fourth-order valence-corrected chi connectivity index (χ4v) is 3.34. The van der Waals surface area contributed by atoms with E-state index in [9.17, 15) is 13.2 Å². The molecule has 8 heteroatoms. The van der Waals surface area contributed by atoms with Gasteiger partial charge in [0.15, 0.2) is 5.03 Å². The average molecular weight is 331 g/mol. The minimum atomic E-state index is -3.98. The van der Waals surface area contributed by atoms with E-state index in [-0.39, 0.29) is 5.03 Å². The zero-order valence-corrected chi connectivity index (χ0v) is 12.8. The van der Waals surface area contributed by atoms with Gasteiger partial charge in [-0.1, -0.05) is 17.7 Å². The molecule has 1 amide bonds. The van der Waals surface area contributed by atoms with E-state index in [4.69, 9.17) is 11.6 Å². The maximum Gasteiger partial charge on any atom is 0.281 e. The van der Waals surface area contributed by atoms with Crippen LogP contribution in [-0.4, -0.2) is 19.3 Å². The Morgan fingerprint density at radius 2 is 2.15 bits per heavy atom. The van der Waals surface area contributed by atoms with Gasteiger partial charge in [-0.25, -0.2) is 9.71 Å². The maximum absolute atomic E-state index is 12.0. The van der Waals surface area contributed by atoms with E-state index in [0.29, 0.717) is 5.02 Å². The first-order chi connectivity index (χ1) is 9.40. The molecule has 0 aliphatic carbocycles. The van der Waals surface area contributed by atoms with Crippen LogP contribution in [0.4, 0.5) is 0 Å². The molecule has 0 aliphatic rings. The Morgan fingerprint density at radius 3 is 2.70 bits per heavy atom. The summed E-state index contributed by atoms with van der Waals surface area (Å²) in [6, 6.07) is 6.23. The van der Waals surface area contributed by atoms with E-state index in [0.717, 1.165) is 4.88 Å². The predicted octanol–water partition coefficient (Wildman–Crippen LogP) is 2.41. The Kier molecular flexibility index (Phi) is 4.42. The van der Waals surface area contributed by atoms with Crippen molar-refractivity contribution in [3.8, 4) is 0 Å². The summed E-state index contributed by atoms with van der Waals surface area (Å²) in [4.78, 5) is 16.4. The van der Waals surface area contributed by atoms with Crippen molar-refractivity contribution < 1.29 is 13.2 Å². The van der Waals surface area contributed by atoms with Gasteiger partial charge < -0.3 is 0 Å². The van der Waals surface area contributed by atoms with E-state index < -0.39 is 21.8 Å². The monoisotopic (exact) mass is 330 g/mol. The molecule has 5 nitrogen and oxygen atoms in total. The second-order valence-corrected chi connectivity index (χ2v) is 7.07. The highest BCUT2D eigenvalue weighted by molar-refractivity contribution is 7.90. The maximum atomic E-state index is 12.0. The summed E-state index contributed by atoms with van der Waals surface area (Å²) in [5.74, 6) is -1.14. The number of amides is 1. The van der Waals surface area contributed by atoms with Crippen LogP contribution in [0.5, 0.6) is 0 Å². The van der Waals surface area contributed by atoms with Crippen LogP contribution in [0.2, 0.25) is 5.02 Å². The molecule has 0 aliphatic heterocycles. The lowest BCUT2D eigenvalue weighted by Crippen LogP contribution is -2.34. The largest absolute Gasteiger partial charge is 0.281 e. The lowest BCUT2D eigenvalue weighted by Gasteiger charge is -2.10. The molecule has 0 unspecified atom stereocenters. The molecular weight excluding hydrogens is 320 g/mol. The van der Waals surface area contributed by atoms with Crippen LogP contribution in [0, 0.1) is 0 Å². The Bertz CT molecular complexity index is 697. The highest BCUT2D eigenvalue weighted by Crippen LogP contribution is 2.21. The molecule has 2 rings (SSSR count). The van der Waals surface area contributed by atoms with Gasteiger partial charge >= 0.3 is 0 Å². The summed E-state index contributed by atoms with van der Waals surface area (Å²) < 4.78 is 26.0. The van der Waals surface area contributed by atoms with Gasteiger partial charge in [0.2, 0.25) is 5.91 Å². The fraction of sp³-hybridized carbons (Fsp3) is 0.167. The number of halogens is 1. The smallest absolute Gasteiger partial charge is 0.273 e. The van der Waals surface area contributed by atoms with E-state index in [1.807, 2.05) is 10.1 Å². The second-order valence-electron chi connectivity index (χ2n) is 4.02. The zero-order chi connectivity index (χ0) is 14.8. The van der Waals surface area contributed by atoms with Gasteiger partial charge in [0.1, 0.15) is 0 Å². The van der Waals surface area contributed by atoms with Gasteiger partial charge in [-0.05, 0) is 30.5 Å². The lowest BCUT2D eigenvalue weighted by atomic mass is 10.1. The molecule has 0 spiro atoms. The second kappa shape index (κ2) is 5.90. The molecule has 0 fully saturated rings. The third-order valence-corrected chi connectivity index (χ3v) is 5.11.